The topological polar surface area (TPSA) is 55.1 Å². The fourth-order valence-electron chi connectivity index (χ4n) is 1.82. The lowest BCUT2D eigenvalue weighted by Crippen LogP contribution is -1.98. The Morgan fingerprint density at radius 1 is 1.16 bits per heavy atom. The molecular formula is C15H14N2O2. The Labute approximate surface area is 112 Å². The van der Waals surface area contributed by atoms with Crippen molar-refractivity contribution in [2.75, 3.05) is 7.11 Å². The van der Waals surface area contributed by atoms with E-state index in [0.717, 1.165) is 11.3 Å². The first kappa shape index (κ1) is 12.9. The summed E-state index contributed by atoms with van der Waals surface area (Å²) in [6, 6.07) is 11.2. The lowest BCUT2D eigenvalue weighted by molar-refractivity contribution is 0.373. The number of para-hydroxylation sites is 2. The van der Waals surface area contributed by atoms with E-state index < -0.39 is 0 Å². The van der Waals surface area contributed by atoms with Gasteiger partial charge in [0.05, 0.1) is 7.11 Å². The molecular weight excluding hydrogens is 240 g/mol. The first-order valence-corrected chi connectivity index (χ1v) is 5.85. The van der Waals surface area contributed by atoms with Gasteiger partial charge in [-0.1, -0.05) is 12.1 Å². The Morgan fingerprint density at radius 2 is 1.84 bits per heavy atom. The van der Waals surface area contributed by atoms with Crippen molar-refractivity contribution in [3.63, 3.8) is 0 Å². The summed E-state index contributed by atoms with van der Waals surface area (Å²) in [5.41, 5.74) is 2.10. The highest BCUT2D eigenvalue weighted by Gasteiger charge is 2.12. The van der Waals surface area contributed by atoms with Gasteiger partial charge in [-0.05, 0) is 37.6 Å². The molecule has 0 aliphatic rings. The fraction of sp³-hybridized carbons (Fsp3) is 0.200. The molecule has 4 nitrogen and oxygen atoms in total. The molecule has 1 aromatic carbocycles. The number of hydrogen-bond donors (Lipinski definition) is 0. The van der Waals surface area contributed by atoms with Crippen LogP contribution in [0.2, 0.25) is 0 Å². The van der Waals surface area contributed by atoms with E-state index in [1.165, 1.54) is 0 Å². The zero-order chi connectivity index (χ0) is 13.8. The summed E-state index contributed by atoms with van der Waals surface area (Å²) in [6.45, 7) is 3.73. The third-order valence-electron chi connectivity index (χ3n) is 2.70. The molecule has 0 saturated heterocycles. The Balaban J connectivity index is 2.47. The number of methoxy groups -OCH3 is 1. The van der Waals surface area contributed by atoms with Crippen molar-refractivity contribution in [2.24, 2.45) is 0 Å². The molecule has 96 valence electrons. The van der Waals surface area contributed by atoms with Gasteiger partial charge in [-0.25, -0.2) is 4.98 Å². The van der Waals surface area contributed by atoms with Gasteiger partial charge >= 0.3 is 0 Å². The van der Waals surface area contributed by atoms with Gasteiger partial charge in [0.15, 0.2) is 11.5 Å². The van der Waals surface area contributed by atoms with Gasteiger partial charge < -0.3 is 9.47 Å². The Bertz CT molecular complexity index is 645. The van der Waals surface area contributed by atoms with Crippen LogP contribution in [-0.4, -0.2) is 12.1 Å². The standard InChI is InChI=1S/C15H14N2O2/c1-10-8-11(2)17-15(12(10)9-16)19-14-7-5-4-6-13(14)18-3/h4-8H,1-3H3. The van der Waals surface area contributed by atoms with E-state index in [0.29, 0.717) is 22.9 Å². The molecule has 0 unspecified atom stereocenters. The van der Waals surface area contributed by atoms with Crippen molar-refractivity contribution < 1.29 is 9.47 Å². The monoisotopic (exact) mass is 254 g/mol. The second-order valence-corrected chi connectivity index (χ2v) is 4.13. The second kappa shape index (κ2) is 5.40. The van der Waals surface area contributed by atoms with Crippen molar-refractivity contribution in [2.45, 2.75) is 13.8 Å². The van der Waals surface area contributed by atoms with Crippen LogP contribution in [0.4, 0.5) is 0 Å². The number of ether oxygens (including phenoxy) is 2. The summed E-state index contributed by atoms with van der Waals surface area (Å²) in [4.78, 5) is 4.28. The summed E-state index contributed by atoms with van der Waals surface area (Å²) in [6.07, 6.45) is 0. The average Bonchev–Trinajstić information content (AvgIpc) is 2.39. The minimum Gasteiger partial charge on any atom is -0.493 e. The molecule has 2 rings (SSSR count). The normalized spacial score (nSPS) is 9.79. The molecule has 0 aliphatic carbocycles. The smallest absolute Gasteiger partial charge is 0.237 e. The molecule has 0 spiro atoms. The lowest BCUT2D eigenvalue weighted by Gasteiger charge is -2.11. The molecule has 4 heteroatoms. The Hall–Kier alpha value is -2.54. The first-order chi connectivity index (χ1) is 9.15. The number of rotatable bonds is 3. The molecule has 2 aromatic rings. The highest BCUT2D eigenvalue weighted by molar-refractivity contribution is 5.49. The molecule has 0 N–H and O–H groups in total. The van der Waals surface area contributed by atoms with Crippen LogP contribution in [0.15, 0.2) is 30.3 Å². The van der Waals surface area contributed by atoms with Gasteiger partial charge in [0.25, 0.3) is 0 Å². The molecule has 0 saturated carbocycles. The minimum absolute atomic E-state index is 0.310. The van der Waals surface area contributed by atoms with Crippen LogP contribution in [0.3, 0.4) is 0 Å². The van der Waals surface area contributed by atoms with E-state index in [1.807, 2.05) is 32.0 Å². The second-order valence-electron chi connectivity index (χ2n) is 4.13. The van der Waals surface area contributed by atoms with Crippen molar-refractivity contribution >= 4 is 0 Å². The number of hydrogen-bond acceptors (Lipinski definition) is 4. The third-order valence-corrected chi connectivity index (χ3v) is 2.70. The molecule has 0 atom stereocenters. The SMILES string of the molecule is COc1ccccc1Oc1nc(C)cc(C)c1C#N. The van der Waals surface area contributed by atoms with Crippen LogP contribution in [0.25, 0.3) is 0 Å². The van der Waals surface area contributed by atoms with Gasteiger partial charge in [0.2, 0.25) is 5.88 Å². The average molecular weight is 254 g/mol. The maximum absolute atomic E-state index is 9.19. The molecule has 0 aliphatic heterocycles. The number of nitrogens with zero attached hydrogens (tertiary/aromatic N) is 2. The third kappa shape index (κ3) is 2.66. The maximum atomic E-state index is 9.19. The van der Waals surface area contributed by atoms with Crippen molar-refractivity contribution in [1.82, 2.24) is 4.98 Å². The maximum Gasteiger partial charge on any atom is 0.237 e. The van der Waals surface area contributed by atoms with Crippen LogP contribution in [0, 0.1) is 25.2 Å². The highest BCUT2D eigenvalue weighted by Crippen LogP contribution is 2.32. The van der Waals surface area contributed by atoms with Crippen LogP contribution in [0.5, 0.6) is 17.4 Å². The molecule has 1 heterocycles. The molecule has 1 aromatic heterocycles. The number of benzene rings is 1. The van der Waals surface area contributed by atoms with Gasteiger partial charge in [0, 0.05) is 5.69 Å². The van der Waals surface area contributed by atoms with E-state index in [-0.39, 0.29) is 0 Å². The number of aryl methyl sites for hydroxylation is 2. The minimum atomic E-state index is 0.310. The molecule has 19 heavy (non-hydrogen) atoms. The summed E-state index contributed by atoms with van der Waals surface area (Å²) < 4.78 is 10.9. The predicted molar refractivity (Wildman–Crippen MR) is 71.5 cm³/mol. The van der Waals surface area contributed by atoms with Gasteiger partial charge in [0.1, 0.15) is 11.6 Å². The van der Waals surface area contributed by atoms with Crippen molar-refractivity contribution in [1.29, 1.82) is 5.26 Å². The quantitative estimate of drug-likeness (QED) is 0.842. The fourth-order valence-corrected chi connectivity index (χ4v) is 1.82. The Morgan fingerprint density at radius 3 is 2.47 bits per heavy atom. The molecule has 0 amide bonds. The summed E-state index contributed by atoms with van der Waals surface area (Å²) >= 11 is 0. The van der Waals surface area contributed by atoms with Gasteiger partial charge in [-0.15, -0.1) is 0 Å². The zero-order valence-electron chi connectivity index (χ0n) is 11.1. The van der Waals surface area contributed by atoms with E-state index in [4.69, 9.17) is 9.47 Å². The molecule has 0 bridgehead atoms. The number of pyridine rings is 1. The number of nitriles is 1. The largest absolute Gasteiger partial charge is 0.493 e. The molecule has 0 fully saturated rings. The van der Waals surface area contributed by atoms with Crippen LogP contribution >= 0.6 is 0 Å². The molecule has 0 radical (unpaired) electrons. The van der Waals surface area contributed by atoms with Gasteiger partial charge in [-0.2, -0.15) is 5.26 Å². The number of aromatic nitrogens is 1. The Kier molecular flexibility index (Phi) is 3.67. The van der Waals surface area contributed by atoms with Crippen molar-refractivity contribution in [3.8, 4) is 23.4 Å². The van der Waals surface area contributed by atoms with E-state index >= 15 is 0 Å². The van der Waals surface area contributed by atoms with E-state index in [1.54, 1.807) is 19.2 Å². The predicted octanol–water partition coefficient (Wildman–Crippen LogP) is 3.37. The lowest BCUT2D eigenvalue weighted by atomic mass is 10.1. The van der Waals surface area contributed by atoms with Crippen LogP contribution in [0.1, 0.15) is 16.8 Å². The zero-order valence-corrected chi connectivity index (χ0v) is 11.1. The summed E-state index contributed by atoms with van der Waals surface area (Å²) in [5.74, 6) is 1.45. The van der Waals surface area contributed by atoms with Crippen LogP contribution < -0.4 is 9.47 Å². The summed E-state index contributed by atoms with van der Waals surface area (Å²) in [7, 11) is 1.57. The highest BCUT2D eigenvalue weighted by atomic mass is 16.5. The van der Waals surface area contributed by atoms with E-state index in [2.05, 4.69) is 11.1 Å². The van der Waals surface area contributed by atoms with Gasteiger partial charge in [-0.3, -0.25) is 0 Å². The first-order valence-electron chi connectivity index (χ1n) is 5.85. The van der Waals surface area contributed by atoms with E-state index in [9.17, 15) is 5.26 Å². The summed E-state index contributed by atoms with van der Waals surface area (Å²) in [5, 5.41) is 9.19. The van der Waals surface area contributed by atoms with Crippen LogP contribution in [-0.2, 0) is 0 Å². The van der Waals surface area contributed by atoms with Crippen molar-refractivity contribution in [3.05, 3.63) is 47.2 Å².